The van der Waals surface area contributed by atoms with Crippen LogP contribution in [0.15, 0.2) is 36.4 Å². The summed E-state index contributed by atoms with van der Waals surface area (Å²) in [5, 5.41) is 8.74. The van der Waals surface area contributed by atoms with Crippen molar-refractivity contribution in [1.29, 1.82) is 0 Å². The van der Waals surface area contributed by atoms with E-state index in [4.69, 9.17) is 16.7 Å². The molecule has 0 fully saturated rings. The zero-order valence-corrected chi connectivity index (χ0v) is 12.9. The Balaban J connectivity index is 2.13. The Labute approximate surface area is 143 Å². The molecule has 3 rings (SSSR count). The highest BCUT2D eigenvalue weighted by Gasteiger charge is 2.39. The van der Waals surface area contributed by atoms with E-state index in [1.807, 2.05) is 0 Å². The Morgan fingerprint density at radius 2 is 1.64 bits per heavy atom. The molecule has 2 amide bonds. The van der Waals surface area contributed by atoms with Gasteiger partial charge < -0.3 is 5.11 Å². The molecule has 0 atom stereocenters. The number of hydrogen-bond acceptors (Lipinski definition) is 3. The molecule has 0 saturated carbocycles. The third-order valence-electron chi connectivity index (χ3n) is 3.65. The zero-order chi connectivity index (χ0) is 18.5. The highest BCUT2D eigenvalue weighted by Crippen LogP contribution is 2.38. The molecule has 0 unspecified atom stereocenters. The van der Waals surface area contributed by atoms with Crippen molar-refractivity contribution in [2.24, 2.45) is 0 Å². The minimum Gasteiger partial charge on any atom is -0.478 e. The molecule has 0 saturated heterocycles. The van der Waals surface area contributed by atoms with Crippen molar-refractivity contribution < 1.29 is 32.7 Å². The van der Waals surface area contributed by atoms with Crippen molar-refractivity contribution in [3.8, 4) is 0 Å². The largest absolute Gasteiger partial charge is 0.478 e. The SMILES string of the molecule is O=C(O)c1ccc2c(c1)C(=O)N(c1cc(C(F)(F)F)ccc1Cl)C2=O. The average molecular weight is 370 g/mol. The fourth-order valence-corrected chi connectivity index (χ4v) is 2.66. The number of carboxylic acid groups (broad SMARTS) is 1. The number of hydrogen-bond donors (Lipinski definition) is 1. The number of carbonyl (C=O) groups is 3. The Morgan fingerprint density at radius 1 is 1.00 bits per heavy atom. The van der Waals surface area contributed by atoms with E-state index in [9.17, 15) is 27.6 Å². The van der Waals surface area contributed by atoms with Crippen molar-refractivity contribution in [3.05, 3.63) is 63.7 Å². The van der Waals surface area contributed by atoms with Gasteiger partial charge in [-0.1, -0.05) is 11.6 Å². The molecule has 0 aromatic heterocycles. The van der Waals surface area contributed by atoms with E-state index >= 15 is 0 Å². The molecular formula is C16H7ClF3NO4. The van der Waals surface area contributed by atoms with Gasteiger partial charge in [-0.2, -0.15) is 13.2 Å². The zero-order valence-electron chi connectivity index (χ0n) is 12.1. The van der Waals surface area contributed by atoms with E-state index < -0.39 is 35.2 Å². The number of amides is 2. The van der Waals surface area contributed by atoms with E-state index in [1.165, 1.54) is 0 Å². The van der Waals surface area contributed by atoms with Crippen LogP contribution in [0.25, 0.3) is 0 Å². The Hall–Kier alpha value is -2.87. The van der Waals surface area contributed by atoms with Crippen LogP contribution in [0.2, 0.25) is 5.02 Å². The third kappa shape index (κ3) is 2.74. The topological polar surface area (TPSA) is 74.7 Å². The van der Waals surface area contributed by atoms with E-state index in [-0.39, 0.29) is 21.7 Å². The van der Waals surface area contributed by atoms with Gasteiger partial charge in [0.05, 0.1) is 33.0 Å². The molecule has 1 aliphatic rings. The molecule has 2 aromatic rings. The summed E-state index contributed by atoms with van der Waals surface area (Å²) >= 11 is 5.87. The van der Waals surface area contributed by atoms with Crippen LogP contribution in [0.3, 0.4) is 0 Å². The summed E-state index contributed by atoms with van der Waals surface area (Å²) in [4.78, 5) is 36.4. The van der Waals surface area contributed by atoms with Crippen molar-refractivity contribution in [2.75, 3.05) is 4.90 Å². The maximum Gasteiger partial charge on any atom is 0.416 e. The van der Waals surface area contributed by atoms with Gasteiger partial charge in [0.25, 0.3) is 11.8 Å². The van der Waals surface area contributed by atoms with Gasteiger partial charge in [-0.3, -0.25) is 9.59 Å². The summed E-state index contributed by atoms with van der Waals surface area (Å²) < 4.78 is 38.7. The summed E-state index contributed by atoms with van der Waals surface area (Å²) in [7, 11) is 0. The molecule has 0 radical (unpaired) electrons. The molecule has 25 heavy (non-hydrogen) atoms. The Bertz CT molecular complexity index is 939. The maximum absolute atomic E-state index is 12.9. The lowest BCUT2D eigenvalue weighted by Gasteiger charge is -2.17. The van der Waals surface area contributed by atoms with Crippen LogP contribution in [0.4, 0.5) is 18.9 Å². The molecule has 0 spiro atoms. The summed E-state index contributed by atoms with van der Waals surface area (Å²) in [5.41, 5.74) is -2.03. The summed E-state index contributed by atoms with van der Waals surface area (Å²) in [5.74, 6) is -3.12. The van der Waals surface area contributed by atoms with Gasteiger partial charge in [0.2, 0.25) is 0 Å². The summed E-state index contributed by atoms with van der Waals surface area (Å²) in [6.07, 6.45) is -4.69. The molecule has 1 N–H and O–H groups in total. The number of fused-ring (bicyclic) bond motifs is 1. The molecule has 5 nitrogen and oxygen atoms in total. The highest BCUT2D eigenvalue weighted by molar-refractivity contribution is 6.40. The van der Waals surface area contributed by atoms with Crippen molar-refractivity contribution in [1.82, 2.24) is 0 Å². The second kappa shape index (κ2) is 5.59. The lowest BCUT2D eigenvalue weighted by molar-refractivity contribution is -0.137. The van der Waals surface area contributed by atoms with Crippen LogP contribution in [0, 0.1) is 0 Å². The Morgan fingerprint density at radius 3 is 2.24 bits per heavy atom. The number of aromatic carboxylic acids is 1. The van der Waals surface area contributed by atoms with Gasteiger partial charge in [-0.25, -0.2) is 9.69 Å². The minimum absolute atomic E-state index is 0.108. The molecule has 1 heterocycles. The predicted octanol–water partition coefficient (Wildman–Crippen LogP) is 3.86. The van der Waals surface area contributed by atoms with Crippen LogP contribution < -0.4 is 4.90 Å². The quantitative estimate of drug-likeness (QED) is 0.816. The number of alkyl halides is 3. The number of carboxylic acids is 1. The monoisotopic (exact) mass is 369 g/mol. The van der Waals surface area contributed by atoms with Gasteiger partial charge in [-0.15, -0.1) is 0 Å². The summed E-state index contributed by atoms with van der Waals surface area (Å²) in [6.45, 7) is 0. The smallest absolute Gasteiger partial charge is 0.416 e. The van der Waals surface area contributed by atoms with Crippen LogP contribution in [0.1, 0.15) is 36.6 Å². The maximum atomic E-state index is 12.9. The molecule has 128 valence electrons. The molecular weight excluding hydrogens is 363 g/mol. The number of benzene rings is 2. The molecule has 9 heteroatoms. The van der Waals surface area contributed by atoms with E-state index in [1.54, 1.807) is 0 Å². The van der Waals surface area contributed by atoms with Gasteiger partial charge in [-0.05, 0) is 36.4 Å². The molecule has 2 aromatic carbocycles. The first kappa shape index (κ1) is 17.0. The van der Waals surface area contributed by atoms with Crippen molar-refractivity contribution in [3.63, 3.8) is 0 Å². The normalized spacial score (nSPS) is 14.0. The van der Waals surface area contributed by atoms with E-state index in [2.05, 4.69) is 0 Å². The number of rotatable bonds is 2. The number of halogens is 4. The van der Waals surface area contributed by atoms with Gasteiger partial charge >= 0.3 is 12.1 Å². The first-order valence-electron chi connectivity index (χ1n) is 6.74. The average Bonchev–Trinajstić information content (AvgIpc) is 2.78. The summed E-state index contributed by atoms with van der Waals surface area (Å²) in [6, 6.07) is 5.53. The molecule has 0 bridgehead atoms. The van der Waals surface area contributed by atoms with Gasteiger partial charge in [0, 0.05) is 0 Å². The second-order valence-corrected chi connectivity index (χ2v) is 5.58. The van der Waals surface area contributed by atoms with Crippen molar-refractivity contribution >= 4 is 35.1 Å². The van der Waals surface area contributed by atoms with Crippen LogP contribution in [-0.2, 0) is 6.18 Å². The molecule has 1 aliphatic heterocycles. The lowest BCUT2D eigenvalue weighted by atomic mass is 10.1. The second-order valence-electron chi connectivity index (χ2n) is 5.18. The highest BCUT2D eigenvalue weighted by atomic mass is 35.5. The Kier molecular flexibility index (Phi) is 3.80. The van der Waals surface area contributed by atoms with Gasteiger partial charge in [0.15, 0.2) is 0 Å². The predicted molar refractivity (Wildman–Crippen MR) is 81.0 cm³/mol. The fraction of sp³-hybridized carbons (Fsp3) is 0.0625. The van der Waals surface area contributed by atoms with Crippen LogP contribution >= 0.6 is 11.6 Å². The number of imide groups is 1. The first-order valence-corrected chi connectivity index (χ1v) is 7.12. The number of anilines is 1. The van der Waals surface area contributed by atoms with E-state index in [0.717, 1.165) is 30.3 Å². The van der Waals surface area contributed by atoms with E-state index in [0.29, 0.717) is 11.0 Å². The first-order chi connectivity index (χ1) is 11.6. The minimum atomic E-state index is -4.69. The van der Waals surface area contributed by atoms with Crippen LogP contribution in [-0.4, -0.2) is 22.9 Å². The fourth-order valence-electron chi connectivity index (χ4n) is 2.45. The lowest BCUT2D eigenvalue weighted by Crippen LogP contribution is -2.30. The third-order valence-corrected chi connectivity index (χ3v) is 3.97. The van der Waals surface area contributed by atoms with Crippen molar-refractivity contribution in [2.45, 2.75) is 6.18 Å². The standard InChI is InChI=1S/C16H7ClF3NO4/c17-11-4-2-8(16(18,19)20)6-12(11)21-13(22)9-3-1-7(15(24)25)5-10(9)14(21)23/h1-6H,(H,24,25). The number of carbonyl (C=O) groups excluding carboxylic acids is 2. The van der Waals surface area contributed by atoms with Gasteiger partial charge in [0.1, 0.15) is 0 Å². The molecule has 0 aliphatic carbocycles. The van der Waals surface area contributed by atoms with Crippen LogP contribution in [0.5, 0.6) is 0 Å². The number of nitrogens with zero attached hydrogens (tertiary/aromatic N) is 1.